The van der Waals surface area contributed by atoms with Gasteiger partial charge in [0.25, 0.3) is 0 Å². The number of rotatable bonds is 4. The molecule has 2 aromatic carbocycles. The molecule has 21 heavy (non-hydrogen) atoms. The molecule has 0 fully saturated rings. The van der Waals surface area contributed by atoms with Crippen molar-refractivity contribution in [3.05, 3.63) is 69.5 Å². The molecule has 2 aromatic rings. The molecule has 0 aliphatic heterocycles. The molecule has 0 saturated heterocycles. The lowest BCUT2D eigenvalue weighted by Gasteiger charge is -2.19. The van der Waals surface area contributed by atoms with Crippen molar-refractivity contribution in [2.24, 2.45) is 0 Å². The Balaban J connectivity index is 2.41. The van der Waals surface area contributed by atoms with Crippen LogP contribution in [0.5, 0.6) is 0 Å². The highest BCUT2D eigenvalue weighted by Crippen LogP contribution is 2.28. The molecule has 112 valence electrons. The lowest BCUT2D eigenvalue weighted by Crippen LogP contribution is -2.22. The molecule has 2 rings (SSSR count). The first-order valence-corrected chi connectivity index (χ1v) is 6.87. The Labute approximate surface area is 126 Å². The van der Waals surface area contributed by atoms with Gasteiger partial charge in [-0.25, -0.2) is 13.2 Å². The fourth-order valence-electron chi connectivity index (χ4n) is 2.27. The van der Waals surface area contributed by atoms with Crippen LogP contribution in [0.4, 0.5) is 13.2 Å². The van der Waals surface area contributed by atoms with Crippen molar-refractivity contribution < 1.29 is 13.2 Å². The maximum atomic E-state index is 14.2. The molecule has 0 aliphatic rings. The zero-order valence-corrected chi connectivity index (χ0v) is 12.4. The molecular weight excluding hydrogens is 299 g/mol. The van der Waals surface area contributed by atoms with E-state index >= 15 is 0 Å². The van der Waals surface area contributed by atoms with Gasteiger partial charge in [0.2, 0.25) is 0 Å². The first kappa shape index (κ1) is 15.9. The van der Waals surface area contributed by atoms with E-state index in [2.05, 4.69) is 5.32 Å². The third-order valence-electron chi connectivity index (χ3n) is 3.45. The third-order valence-corrected chi connectivity index (χ3v) is 3.82. The van der Waals surface area contributed by atoms with Crippen molar-refractivity contribution in [3.63, 3.8) is 0 Å². The van der Waals surface area contributed by atoms with E-state index in [1.54, 1.807) is 14.0 Å². The minimum atomic E-state index is -0.635. The number of nitrogens with one attached hydrogen (secondary N) is 1. The molecule has 5 heteroatoms. The predicted molar refractivity (Wildman–Crippen MR) is 78.0 cm³/mol. The lowest BCUT2D eigenvalue weighted by atomic mass is 9.96. The van der Waals surface area contributed by atoms with E-state index in [0.29, 0.717) is 16.1 Å². The van der Waals surface area contributed by atoms with Crippen LogP contribution in [0.15, 0.2) is 30.3 Å². The molecule has 0 saturated carbocycles. The van der Waals surface area contributed by atoms with Gasteiger partial charge in [-0.1, -0.05) is 17.7 Å². The van der Waals surface area contributed by atoms with E-state index in [-0.39, 0.29) is 12.0 Å². The molecule has 0 spiro atoms. The second-order valence-corrected chi connectivity index (χ2v) is 5.28. The van der Waals surface area contributed by atoms with Crippen LogP contribution >= 0.6 is 11.6 Å². The summed E-state index contributed by atoms with van der Waals surface area (Å²) in [6.45, 7) is 1.57. The summed E-state index contributed by atoms with van der Waals surface area (Å²) in [5.74, 6) is -1.67. The predicted octanol–water partition coefficient (Wildman–Crippen LogP) is 4.57. The molecular formula is C16H15ClF3N. The Morgan fingerprint density at radius 2 is 1.86 bits per heavy atom. The molecule has 1 unspecified atom stereocenters. The van der Waals surface area contributed by atoms with E-state index in [4.69, 9.17) is 11.6 Å². The number of hydrogen-bond acceptors (Lipinski definition) is 1. The van der Waals surface area contributed by atoms with Crippen molar-refractivity contribution in [2.45, 2.75) is 19.4 Å². The molecule has 0 amide bonds. The number of hydrogen-bond donors (Lipinski definition) is 1. The number of halogens is 4. The van der Waals surface area contributed by atoms with E-state index in [9.17, 15) is 13.2 Å². The van der Waals surface area contributed by atoms with Gasteiger partial charge < -0.3 is 5.32 Å². The third kappa shape index (κ3) is 3.39. The molecule has 0 aromatic heterocycles. The monoisotopic (exact) mass is 313 g/mol. The van der Waals surface area contributed by atoms with Gasteiger partial charge in [0.15, 0.2) is 0 Å². The zero-order valence-electron chi connectivity index (χ0n) is 11.7. The summed E-state index contributed by atoms with van der Waals surface area (Å²) in [6, 6.07) is 5.93. The topological polar surface area (TPSA) is 12.0 Å². The summed E-state index contributed by atoms with van der Waals surface area (Å²) < 4.78 is 41.5. The molecule has 1 N–H and O–H groups in total. The molecule has 0 heterocycles. The van der Waals surface area contributed by atoms with Crippen LogP contribution in [-0.4, -0.2) is 7.05 Å². The first-order chi connectivity index (χ1) is 9.93. The smallest absolute Gasteiger partial charge is 0.133 e. The van der Waals surface area contributed by atoms with Crippen LogP contribution in [0.2, 0.25) is 5.02 Å². The van der Waals surface area contributed by atoms with Crippen molar-refractivity contribution >= 4 is 11.6 Å². The molecule has 0 radical (unpaired) electrons. The maximum absolute atomic E-state index is 14.2. The van der Waals surface area contributed by atoms with Crippen molar-refractivity contribution in [2.75, 3.05) is 7.05 Å². The summed E-state index contributed by atoms with van der Waals surface area (Å²) in [5.41, 5.74) is 0.797. The second-order valence-electron chi connectivity index (χ2n) is 4.87. The van der Waals surface area contributed by atoms with Gasteiger partial charge in [0.05, 0.1) is 0 Å². The van der Waals surface area contributed by atoms with Gasteiger partial charge >= 0.3 is 0 Å². The Bertz CT molecular complexity index is 658. The van der Waals surface area contributed by atoms with Crippen LogP contribution < -0.4 is 5.32 Å². The highest BCUT2D eigenvalue weighted by atomic mass is 35.5. The second kappa shape index (κ2) is 6.50. The lowest BCUT2D eigenvalue weighted by molar-refractivity contribution is 0.485. The van der Waals surface area contributed by atoms with Gasteiger partial charge in [0.1, 0.15) is 17.5 Å². The number of likely N-dealkylation sites (N-methyl/N-ethyl adjacent to an activating group) is 1. The Hall–Kier alpha value is -1.52. The minimum absolute atomic E-state index is 0.0576. The average molecular weight is 314 g/mol. The molecule has 0 bridgehead atoms. The largest absolute Gasteiger partial charge is 0.313 e. The van der Waals surface area contributed by atoms with E-state index in [1.165, 1.54) is 30.3 Å². The van der Waals surface area contributed by atoms with Gasteiger partial charge in [-0.15, -0.1) is 0 Å². The maximum Gasteiger partial charge on any atom is 0.133 e. The van der Waals surface area contributed by atoms with E-state index in [1.807, 2.05) is 0 Å². The zero-order chi connectivity index (χ0) is 15.6. The molecule has 1 nitrogen and oxygen atoms in total. The number of aryl methyl sites for hydroxylation is 1. The van der Waals surface area contributed by atoms with Crippen molar-refractivity contribution in [1.82, 2.24) is 5.32 Å². The van der Waals surface area contributed by atoms with Crippen LogP contribution in [0.3, 0.4) is 0 Å². The highest BCUT2D eigenvalue weighted by molar-refractivity contribution is 6.31. The number of benzene rings is 2. The quantitative estimate of drug-likeness (QED) is 0.872. The molecule has 0 aliphatic carbocycles. The van der Waals surface area contributed by atoms with E-state index in [0.717, 1.165) is 0 Å². The normalized spacial score (nSPS) is 12.5. The summed E-state index contributed by atoms with van der Waals surface area (Å²) in [5, 5.41) is 3.23. The van der Waals surface area contributed by atoms with Gasteiger partial charge in [-0.2, -0.15) is 0 Å². The fraction of sp³-hybridized carbons (Fsp3) is 0.250. The van der Waals surface area contributed by atoms with Crippen LogP contribution in [0, 0.1) is 24.4 Å². The average Bonchev–Trinajstić information content (AvgIpc) is 2.45. The van der Waals surface area contributed by atoms with Crippen LogP contribution in [-0.2, 0) is 6.42 Å². The van der Waals surface area contributed by atoms with Crippen molar-refractivity contribution in [1.29, 1.82) is 0 Å². The Morgan fingerprint density at radius 3 is 2.52 bits per heavy atom. The SMILES string of the molecule is CNC(Cc1cc(F)ccc1Cl)c1c(F)ccc(C)c1F. The summed E-state index contributed by atoms with van der Waals surface area (Å²) in [4.78, 5) is 0. The Kier molecular flexibility index (Phi) is 4.91. The fourth-order valence-corrected chi connectivity index (χ4v) is 2.46. The van der Waals surface area contributed by atoms with Crippen LogP contribution in [0.1, 0.15) is 22.7 Å². The summed E-state index contributed by atoms with van der Waals surface area (Å²) in [6.07, 6.45) is 0.185. The standard InChI is InChI=1S/C16H15ClF3N/c1-9-3-6-13(19)15(16(9)20)14(21-2)8-10-7-11(18)4-5-12(10)17/h3-7,14,21H,8H2,1-2H3. The molecule has 1 atom stereocenters. The van der Waals surface area contributed by atoms with Crippen LogP contribution in [0.25, 0.3) is 0 Å². The van der Waals surface area contributed by atoms with Gasteiger partial charge in [0, 0.05) is 16.6 Å². The first-order valence-electron chi connectivity index (χ1n) is 6.49. The van der Waals surface area contributed by atoms with E-state index < -0.39 is 23.5 Å². The summed E-state index contributed by atoms with van der Waals surface area (Å²) >= 11 is 6.01. The summed E-state index contributed by atoms with van der Waals surface area (Å²) in [7, 11) is 1.60. The Morgan fingerprint density at radius 1 is 1.14 bits per heavy atom. The van der Waals surface area contributed by atoms with Gasteiger partial charge in [-0.05, 0) is 55.8 Å². The van der Waals surface area contributed by atoms with Gasteiger partial charge in [-0.3, -0.25) is 0 Å². The minimum Gasteiger partial charge on any atom is -0.313 e. The van der Waals surface area contributed by atoms with Crippen molar-refractivity contribution in [3.8, 4) is 0 Å². The highest BCUT2D eigenvalue weighted by Gasteiger charge is 2.21.